The maximum Gasteiger partial charge on any atom is 0.249 e. The highest BCUT2D eigenvalue weighted by atomic mass is 79.9. The molecule has 8 heteroatoms. The van der Waals surface area contributed by atoms with Crippen molar-refractivity contribution in [2.75, 3.05) is 23.8 Å². The van der Waals surface area contributed by atoms with Gasteiger partial charge in [-0.15, -0.1) is 0 Å². The number of unbranched alkanes of at least 4 members (excludes halogenated alkanes) is 1. The molecule has 41 heavy (non-hydrogen) atoms. The second-order valence-electron chi connectivity index (χ2n) is 11.2. The highest BCUT2D eigenvalue weighted by Crippen LogP contribution is 2.52. The highest BCUT2D eigenvalue weighted by molar-refractivity contribution is 9.10. The third-order valence-electron chi connectivity index (χ3n) is 8.17. The van der Waals surface area contributed by atoms with Crippen LogP contribution in [0.3, 0.4) is 0 Å². The minimum atomic E-state index is -1.37. The number of ether oxygens (including phenoxy) is 1. The number of allylic oxidation sites excluding steroid dienone is 5. The van der Waals surface area contributed by atoms with E-state index in [0.717, 1.165) is 57.3 Å². The molecular weight excluding hydrogens is 651 g/mol. The summed E-state index contributed by atoms with van der Waals surface area (Å²) in [5.74, 6) is 0.991. The molecule has 1 unspecified atom stereocenters. The van der Waals surface area contributed by atoms with Gasteiger partial charge in [0.2, 0.25) is 10.9 Å². The monoisotopic (exact) mass is 682 g/mol. The standard InChI is InChI=1S/C33H33Br2FN2O3/c1-32(36)15-12-21(13-16-32)5-3-4-14-33(2)26-19-23(35)8-11-27(26)38(17-18-41-24-9-6-22(34)7-10-24)28(33)20-25-29(37)31(40)30(25)39/h6-13,15-16,19-21H,3-5,14,17-18,37H2,1-2H3/b28-20+. The second kappa shape index (κ2) is 11.7. The Bertz CT molecular complexity index is 1590. The molecule has 0 radical (unpaired) electrons. The number of benzene rings is 2. The van der Waals surface area contributed by atoms with Gasteiger partial charge in [-0.3, -0.25) is 9.59 Å². The molecule has 5 nitrogen and oxygen atoms in total. The SMILES string of the molecule is CC1(F)C=CC(CCCCC2(C)/C(=C\c3c(N)c(=O)c3=O)N(CCOc3ccc(Br)cc3)c3ccc(Br)cc32)C=C1. The summed E-state index contributed by atoms with van der Waals surface area (Å²) < 4.78 is 22.1. The molecule has 0 bridgehead atoms. The number of nitrogens with two attached hydrogens (primary N) is 1. The van der Waals surface area contributed by atoms with Gasteiger partial charge in [0.15, 0.2) is 0 Å². The zero-order valence-corrected chi connectivity index (χ0v) is 26.3. The van der Waals surface area contributed by atoms with Gasteiger partial charge in [-0.2, -0.15) is 0 Å². The van der Waals surface area contributed by atoms with Crippen LogP contribution in [0.25, 0.3) is 6.08 Å². The van der Waals surface area contributed by atoms with Crippen molar-refractivity contribution in [1.82, 2.24) is 0 Å². The average Bonchev–Trinajstić information content (AvgIpc) is 3.17. The molecule has 0 saturated carbocycles. The lowest BCUT2D eigenvalue weighted by atomic mass is 9.76. The lowest BCUT2D eigenvalue weighted by Crippen LogP contribution is -2.38. The van der Waals surface area contributed by atoms with Gasteiger partial charge in [-0.05, 0) is 98.9 Å². The molecule has 2 aliphatic rings. The van der Waals surface area contributed by atoms with Gasteiger partial charge in [0.1, 0.15) is 18.0 Å². The first kappa shape index (κ1) is 29.5. The predicted octanol–water partition coefficient (Wildman–Crippen LogP) is 7.62. The number of anilines is 2. The minimum absolute atomic E-state index is 0.0174. The van der Waals surface area contributed by atoms with Crippen LogP contribution >= 0.6 is 31.9 Å². The van der Waals surface area contributed by atoms with Crippen molar-refractivity contribution in [2.45, 2.75) is 50.6 Å². The summed E-state index contributed by atoms with van der Waals surface area (Å²) in [6, 6.07) is 13.9. The lowest BCUT2D eigenvalue weighted by Gasteiger charge is -2.31. The van der Waals surface area contributed by atoms with Crippen LogP contribution in [-0.4, -0.2) is 18.8 Å². The van der Waals surface area contributed by atoms with Gasteiger partial charge < -0.3 is 15.4 Å². The van der Waals surface area contributed by atoms with Gasteiger partial charge in [0.05, 0.1) is 17.8 Å². The third kappa shape index (κ3) is 6.14. The molecule has 0 amide bonds. The molecular formula is C33H33Br2FN2O3. The molecule has 1 atom stereocenters. The predicted molar refractivity (Wildman–Crippen MR) is 172 cm³/mol. The third-order valence-corrected chi connectivity index (χ3v) is 9.19. The second-order valence-corrected chi connectivity index (χ2v) is 13.1. The van der Waals surface area contributed by atoms with Crippen molar-refractivity contribution in [2.24, 2.45) is 5.92 Å². The Labute approximate surface area is 256 Å². The van der Waals surface area contributed by atoms with Gasteiger partial charge >= 0.3 is 0 Å². The number of rotatable bonds is 10. The molecule has 1 aliphatic carbocycles. The molecule has 0 aromatic heterocycles. The first-order valence-electron chi connectivity index (χ1n) is 13.8. The average molecular weight is 684 g/mol. The molecule has 2 N–H and O–H groups in total. The number of hydrogen-bond acceptors (Lipinski definition) is 5. The van der Waals surface area contributed by atoms with E-state index in [4.69, 9.17) is 10.5 Å². The Hall–Kier alpha value is -2.97. The number of halogens is 3. The highest BCUT2D eigenvalue weighted by Gasteiger charge is 2.43. The summed E-state index contributed by atoms with van der Waals surface area (Å²) in [6.07, 6.45) is 12.6. The smallest absolute Gasteiger partial charge is 0.249 e. The topological polar surface area (TPSA) is 72.6 Å². The number of hydrogen-bond donors (Lipinski definition) is 1. The van der Waals surface area contributed by atoms with Crippen molar-refractivity contribution in [3.8, 4) is 5.75 Å². The van der Waals surface area contributed by atoms with Crippen LogP contribution in [0.15, 0.2) is 91.0 Å². The molecule has 0 spiro atoms. The summed E-state index contributed by atoms with van der Waals surface area (Å²) in [5.41, 5.74) is 6.41. The molecule has 0 fully saturated rings. The van der Waals surface area contributed by atoms with Gasteiger partial charge in [0, 0.05) is 25.7 Å². The fourth-order valence-corrected chi connectivity index (χ4v) is 6.40. The van der Waals surface area contributed by atoms with Crippen LogP contribution in [0.5, 0.6) is 5.75 Å². The summed E-state index contributed by atoms with van der Waals surface area (Å²) >= 11 is 7.10. The maximum absolute atomic E-state index is 14.1. The van der Waals surface area contributed by atoms with Crippen molar-refractivity contribution in [3.63, 3.8) is 0 Å². The van der Waals surface area contributed by atoms with E-state index in [-0.39, 0.29) is 17.2 Å². The zero-order chi connectivity index (χ0) is 29.4. The van der Waals surface area contributed by atoms with Crippen LogP contribution in [0, 0.1) is 5.92 Å². The molecule has 3 aromatic carbocycles. The first-order chi connectivity index (χ1) is 19.5. The van der Waals surface area contributed by atoms with Crippen molar-refractivity contribution >= 4 is 49.3 Å². The quantitative estimate of drug-likeness (QED) is 0.135. The normalized spacial score (nSPS) is 24.4. The van der Waals surface area contributed by atoms with Gasteiger partial charge in [0.25, 0.3) is 0 Å². The van der Waals surface area contributed by atoms with Crippen LogP contribution < -0.4 is 26.2 Å². The minimum Gasteiger partial charge on any atom is -0.492 e. The number of nitrogen functional groups attached to an aromatic ring is 1. The molecule has 3 aromatic rings. The van der Waals surface area contributed by atoms with Crippen molar-refractivity contribution in [3.05, 3.63) is 113 Å². The van der Waals surface area contributed by atoms with E-state index >= 15 is 0 Å². The van der Waals surface area contributed by atoms with Crippen LogP contribution in [0.1, 0.15) is 50.7 Å². The Kier molecular flexibility index (Phi) is 8.44. The number of nitrogens with zero attached hydrogens (tertiary/aromatic N) is 1. The Morgan fingerprint density at radius 1 is 1.00 bits per heavy atom. The summed E-state index contributed by atoms with van der Waals surface area (Å²) in [7, 11) is 0. The van der Waals surface area contributed by atoms with E-state index < -0.39 is 21.9 Å². The first-order valence-corrected chi connectivity index (χ1v) is 15.4. The van der Waals surface area contributed by atoms with E-state index in [1.54, 1.807) is 25.2 Å². The van der Waals surface area contributed by atoms with Crippen LogP contribution in [0.2, 0.25) is 0 Å². The Morgan fingerprint density at radius 2 is 1.68 bits per heavy atom. The fraction of sp³-hybridized carbons (Fsp3) is 0.333. The van der Waals surface area contributed by atoms with E-state index in [0.29, 0.717) is 13.2 Å². The summed E-state index contributed by atoms with van der Waals surface area (Å²) in [6.45, 7) is 4.70. The van der Waals surface area contributed by atoms with Crippen LogP contribution in [0.4, 0.5) is 15.8 Å². The maximum atomic E-state index is 14.1. The molecule has 0 saturated heterocycles. The van der Waals surface area contributed by atoms with E-state index in [2.05, 4.69) is 55.8 Å². The largest absolute Gasteiger partial charge is 0.492 e. The van der Waals surface area contributed by atoms with Gasteiger partial charge in [-0.25, -0.2) is 4.39 Å². The summed E-state index contributed by atoms with van der Waals surface area (Å²) in [5, 5.41) is 0. The van der Waals surface area contributed by atoms with Crippen LogP contribution in [-0.2, 0) is 5.41 Å². The molecule has 5 rings (SSSR count). The van der Waals surface area contributed by atoms with Crippen molar-refractivity contribution in [1.29, 1.82) is 0 Å². The van der Waals surface area contributed by atoms with Crippen molar-refractivity contribution < 1.29 is 9.13 Å². The Balaban J connectivity index is 1.41. The fourth-order valence-electron chi connectivity index (χ4n) is 5.78. The zero-order valence-electron chi connectivity index (χ0n) is 23.1. The molecule has 1 heterocycles. The lowest BCUT2D eigenvalue weighted by molar-refractivity contribution is 0.321. The molecule has 1 aliphatic heterocycles. The number of fused-ring (bicyclic) bond motifs is 1. The van der Waals surface area contributed by atoms with E-state index in [1.165, 1.54) is 0 Å². The number of alkyl halides is 1. The van der Waals surface area contributed by atoms with E-state index in [1.807, 2.05) is 42.5 Å². The van der Waals surface area contributed by atoms with E-state index in [9.17, 15) is 14.0 Å². The Morgan fingerprint density at radius 3 is 2.37 bits per heavy atom. The summed E-state index contributed by atoms with van der Waals surface area (Å²) in [4.78, 5) is 26.6. The molecule has 214 valence electrons. The van der Waals surface area contributed by atoms with Gasteiger partial charge in [-0.1, -0.05) is 56.9 Å².